The predicted molar refractivity (Wildman–Crippen MR) is 95.5 cm³/mol. The van der Waals surface area contributed by atoms with Crippen molar-refractivity contribution in [1.29, 1.82) is 5.26 Å². The Hall–Kier alpha value is -2.39. The summed E-state index contributed by atoms with van der Waals surface area (Å²) >= 11 is 0. The van der Waals surface area contributed by atoms with E-state index < -0.39 is 11.8 Å². The lowest BCUT2D eigenvalue weighted by Gasteiger charge is -2.33. The van der Waals surface area contributed by atoms with Crippen molar-refractivity contribution < 1.29 is 9.59 Å². The Balaban J connectivity index is 2.27. The van der Waals surface area contributed by atoms with Gasteiger partial charge in [-0.2, -0.15) is 5.26 Å². The van der Waals surface area contributed by atoms with Crippen LogP contribution in [0.1, 0.15) is 48.0 Å². The lowest BCUT2D eigenvalue weighted by molar-refractivity contribution is -0.129. The normalized spacial score (nSPS) is 16.8. The summed E-state index contributed by atoms with van der Waals surface area (Å²) in [6.07, 6.45) is 4.55. The molecule has 6 heteroatoms. The van der Waals surface area contributed by atoms with Crippen molar-refractivity contribution in [2.75, 3.05) is 26.7 Å². The number of hydrogen-bond acceptors (Lipinski definition) is 4. The first-order valence-corrected chi connectivity index (χ1v) is 8.76. The van der Waals surface area contributed by atoms with Crippen molar-refractivity contribution in [3.8, 4) is 6.19 Å². The second kappa shape index (κ2) is 8.63. The van der Waals surface area contributed by atoms with Crippen molar-refractivity contribution in [2.24, 2.45) is 11.7 Å². The highest BCUT2D eigenvalue weighted by molar-refractivity contribution is 5.97. The molecule has 6 nitrogen and oxygen atoms in total. The number of nitrogens with two attached hydrogens (primary N) is 1. The largest absolute Gasteiger partial charge is 0.366 e. The maximum atomic E-state index is 12.8. The van der Waals surface area contributed by atoms with E-state index in [9.17, 15) is 9.59 Å². The summed E-state index contributed by atoms with van der Waals surface area (Å²) in [7, 11) is 1.46. The van der Waals surface area contributed by atoms with Crippen LogP contribution in [0.2, 0.25) is 0 Å². The number of hydrogen-bond donors (Lipinski definition) is 1. The summed E-state index contributed by atoms with van der Waals surface area (Å²) in [4.78, 5) is 28.0. The smallest absolute Gasteiger partial charge is 0.249 e. The molecule has 1 aromatic rings. The molecule has 0 aliphatic carbocycles. The Bertz CT molecular complexity index is 660. The molecule has 134 valence electrons. The number of nitriles is 1. The van der Waals surface area contributed by atoms with Gasteiger partial charge < -0.3 is 10.6 Å². The molecule has 0 aromatic heterocycles. The number of carbonyl (C=O) groups excluding carboxylic acids is 2. The van der Waals surface area contributed by atoms with E-state index in [2.05, 4.69) is 11.8 Å². The van der Waals surface area contributed by atoms with Crippen LogP contribution in [0.15, 0.2) is 24.3 Å². The molecular formula is C19H26N4O2. The van der Waals surface area contributed by atoms with E-state index in [0.29, 0.717) is 23.5 Å². The zero-order valence-electron chi connectivity index (χ0n) is 14.9. The minimum atomic E-state index is -0.547. The zero-order chi connectivity index (χ0) is 18.4. The first kappa shape index (κ1) is 18.9. The fraction of sp³-hybridized carbons (Fsp3) is 0.526. The molecule has 0 unspecified atom stereocenters. The number of amides is 2. The SMILES string of the molecule is CCN1CCC(C[C@H](C(=O)N(C)C#N)c2ccccc2C(N)=O)CC1. The number of primary amides is 1. The highest BCUT2D eigenvalue weighted by atomic mass is 16.2. The van der Waals surface area contributed by atoms with Crippen LogP contribution in [0.3, 0.4) is 0 Å². The van der Waals surface area contributed by atoms with Gasteiger partial charge in [-0.05, 0) is 56.4 Å². The van der Waals surface area contributed by atoms with Gasteiger partial charge in [0.1, 0.15) is 0 Å². The van der Waals surface area contributed by atoms with Gasteiger partial charge in [0.05, 0.1) is 5.92 Å². The molecule has 0 spiro atoms. The fourth-order valence-electron chi connectivity index (χ4n) is 3.54. The highest BCUT2D eigenvalue weighted by Crippen LogP contribution is 2.32. The molecule has 1 atom stereocenters. The number of rotatable bonds is 6. The fourth-order valence-corrected chi connectivity index (χ4v) is 3.54. The molecule has 2 N–H and O–H groups in total. The monoisotopic (exact) mass is 342 g/mol. The summed E-state index contributed by atoms with van der Waals surface area (Å²) < 4.78 is 0. The Morgan fingerprint density at radius 2 is 2.00 bits per heavy atom. The molecule has 2 amide bonds. The molecule has 0 saturated carbocycles. The number of carbonyl (C=O) groups is 2. The number of likely N-dealkylation sites (N-methyl/N-ethyl adjacent to an activating group) is 1. The van der Waals surface area contributed by atoms with Gasteiger partial charge in [-0.3, -0.25) is 14.5 Å². The quantitative estimate of drug-likeness (QED) is 0.632. The summed E-state index contributed by atoms with van der Waals surface area (Å²) in [6.45, 7) is 5.23. The van der Waals surface area contributed by atoms with Crippen molar-refractivity contribution in [1.82, 2.24) is 9.80 Å². The van der Waals surface area contributed by atoms with E-state index in [1.807, 2.05) is 6.19 Å². The second-order valence-corrected chi connectivity index (χ2v) is 6.61. The molecule has 0 bridgehead atoms. The van der Waals surface area contributed by atoms with Gasteiger partial charge in [-0.15, -0.1) is 0 Å². The van der Waals surface area contributed by atoms with Crippen LogP contribution in [-0.2, 0) is 4.79 Å². The van der Waals surface area contributed by atoms with E-state index in [1.165, 1.54) is 7.05 Å². The van der Waals surface area contributed by atoms with E-state index in [4.69, 9.17) is 11.0 Å². The van der Waals surface area contributed by atoms with Crippen LogP contribution in [0, 0.1) is 17.4 Å². The summed E-state index contributed by atoms with van der Waals surface area (Å²) in [5.41, 5.74) is 6.48. The van der Waals surface area contributed by atoms with Crippen LogP contribution >= 0.6 is 0 Å². The summed E-state index contributed by atoms with van der Waals surface area (Å²) in [5, 5.41) is 9.11. The van der Waals surface area contributed by atoms with E-state index >= 15 is 0 Å². The number of likely N-dealkylation sites (tertiary alicyclic amines) is 1. The molecular weight excluding hydrogens is 316 g/mol. The third-order valence-electron chi connectivity index (χ3n) is 5.10. The molecule has 1 aromatic carbocycles. The molecule has 1 fully saturated rings. The van der Waals surface area contributed by atoms with Gasteiger partial charge in [0.2, 0.25) is 11.8 Å². The predicted octanol–water partition coefficient (Wildman–Crippen LogP) is 1.93. The average Bonchev–Trinajstić information content (AvgIpc) is 2.65. The molecule has 1 heterocycles. The van der Waals surface area contributed by atoms with Gasteiger partial charge >= 0.3 is 0 Å². The first-order valence-electron chi connectivity index (χ1n) is 8.76. The van der Waals surface area contributed by atoms with E-state index in [1.54, 1.807) is 24.3 Å². The molecule has 1 saturated heterocycles. The van der Waals surface area contributed by atoms with Crippen LogP contribution in [-0.4, -0.2) is 48.3 Å². The molecule has 25 heavy (non-hydrogen) atoms. The van der Waals surface area contributed by atoms with Crippen molar-refractivity contribution in [3.05, 3.63) is 35.4 Å². The topological polar surface area (TPSA) is 90.4 Å². The highest BCUT2D eigenvalue weighted by Gasteiger charge is 2.31. The minimum absolute atomic E-state index is 0.283. The van der Waals surface area contributed by atoms with E-state index in [-0.39, 0.29) is 5.91 Å². The zero-order valence-corrected chi connectivity index (χ0v) is 14.9. The third kappa shape index (κ3) is 4.58. The maximum absolute atomic E-state index is 12.8. The van der Waals surface area contributed by atoms with Gasteiger partial charge in [0.15, 0.2) is 6.19 Å². The Kier molecular flexibility index (Phi) is 6.54. The minimum Gasteiger partial charge on any atom is -0.366 e. The van der Waals surface area contributed by atoms with Crippen molar-refractivity contribution in [2.45, 2.75) is 32.1 Å². The number of piperidine rings is 1. The van der Waals surface area contributed by atoms with E-state index in [0.717, 1.165) is 37.4 Å². The van der Waals surface area contributed by atoms with Crippen LogP contribution in [0.5, 0.6) is 0 Å². The Morgan fingerprint density at radius 3 is 2.56 bits per heavy atom. The number of nitrogens with zero attached hydrogens (tertiary/aromatic N) is 3. The molecule has 2 rings (SSSR count). The maximum Gasteiger partial charge on any atom is 0.249 e. The first-order chi connectivity index (χ1) is 12.0. The summed E-state index contributed by atoms with van der Waals surface area (Å²) in [5.74, 6) is -0.959. The van der Waals surface area contributed by atoms with Crippen molar-refractivity contribution >= 4 is 11.8 Å². The second-order valence-electron chi connectivity index (χ2n) is 6.61. The van der Waals surface area contributed by atoms with Crippen LogP contribution < -0.4 is 5.73 Å². The molecule has 1 aliphatic rings. The lowest BCUT2D eigenvalue weighted by Crippen LogP contribution is -2.36. The lowest BCUT2D eigenvalue weighted by atomic mass is 9.81. The average molecular weight is 342 g/mol. The van der Waals surface area contributed by atoms with Gasteiger partial charge in [0, 0.05) is 12.6 Å². The summed E-state index contributed by atoms with van der Waals surface area (Å²) in [6, 6.07) is 6.95. The van der Waals surface area contributed by atoms with Crippen molar-refractivity contribution in [3.63, 3.8) is 0 Å². The van der Waals surface area contributed by atoms with Gasteiger partial charge in [-0.1, -0.05) is 25.1 Å². The van der Waals surface area contributed by atoms with Crippen LogP contribution in [0.25, 0.3) is 0 Å². The third-order valence-corrected chi connectivity index (χ3v) is 5.10. The standard InChI is InChI=1S/C19H26N4O2/c1-3-23-10-8-14(9-11-23)12-17(19(25)22(2)13-20)15-6-4-5-7-16(15)18(21)24/h4-7,14,17H,3,8-12H2,1-2H3,(H2,21,24)/t17-/m0/s1. The molecule has 0 radical (unpaired) electrons. The van der Waals surface area contributed by atoms with Crippen LogP contribution in [0.4, 0.5) is 0 Å². The van der Waals surface area contributed by atoms with Gasteiger partial charge in [0.25, 0.3) is 0 Å². The van der Waals surface area contributed by atoms with Gasteiger partial charge in [-0.25, -0.2) is 0 Å². The Morgan fingerprint density at radius 1 is 1.36 bits per heavy atom. The molecule has 1 aliphatic heterocycles. The Labute approximate surface area is 149 Å². The number of benzene rings is 1.